The summed E-state index contributed by atoms with van der Waals surface area (Å²) in [5.41, 5.74) is 5.45. The van der Waals surface area contributed by atoms with Gasteiger partial charge in [0.05, 0.1) is 25.4 Å². The maximum Gasteiger partial charge on any atom is 0.249 e. The molecular weight excluding hydrogens is 212 g/mol. The molecule has 0 aromatic heterocycles. The van der Waals surface area contributed by atoms with Gasteiger partial charge in [-0.15, -0.1) is 0 Å². The molecule has 0 aliphatic carbocycles. The van der Waals surface area contributed by atoms with Gasteiger partial charge >= 0.3 is 0 Å². The molecule has 16 heavy (non-hydrogen) atoms. The van der Waals surface area contributed by atoms with E-state index in [1.807, 2.05) is 0 Å². The predicted molar refractivity (Wildman–Crippen MR) is 57.8 cm³/mol. The zero-order valence-corrected chi connectivity index (χ0v) is 9.52. The monoisotopic (exact) mass is 232 g/mol. The zero-order valence-electron chi connectivity index (χ0n) is 9.52. The topological polar surface area (TPSA) is 93.8 Å². The van der Waals surface area contributed by atoms with Crippen molar-refractivity contribution < 1.29 is 19.4 Å². The van der Waals surface area contributed by atoms with E-state index in [2.05, 4.69) is 5.32 Å². The number of nitrogens with one attached hydrogen (secondary N) is 1. The molecule has 1 aliphatic rings. The Labute approximate surface area is 95.1 Å². The molecule has 3 unspecified atom stereocenters. The Kier molecular flexibility index (Phi) is 5.68. The van der Waals surface area contributed by atoms with E-state index in [1.165, 1.54) is 7.11 Å². The molecule has 1 amide bonds. The van der Waals surface area contributed by atoms with E-state index in [4.69, 9.17) is 20.3 Å². The number of carbonyl (C=O) groups excluding carboxylic acids is 1. The Morgan fingerprint density at radius 1 is 1.69 bits per heavy atom. The molecule has 1 rings (SSSR count). The second kappa shape index (κ2) is 6.80. The smallest absolute Gasteiger partial charge is 0.249 e. The number of methoxy groups -OCH3 is 1. The summed E-state index contributed by atoms with van der Waals surface area (Å²) in [7, 11) is 1.52. The molecule has 0 bridgehead atoms. The number of hydrogen-bond donors (Lipinski definition) is 3. The van der Waals surface area contributed by atoms with Gasteiger partial charge in [-0.1, -0.05) is 0 Å². The van der Waals surface area contributed by atoms with Gasteiger partial charge in [-0.2, -0.15) is 0 Å². The number of carbonyl (C=O) groups is 1. The first-order valence-corrected chi connectivity index (χ1v) is 5.47. The van der Waals surface area contributed by atoms with Gasteiger partial charge in [-0.25, -0.2) is 0 Å². The first-order chi connectivity index (χ1) is 7.71. The number of nitrogens with two attached hydrogens (primary N) is 1. The van der Waals surface area contributed by atoms with Crippen LogP contribution in [0.5, 0.6) is 0 Å². The van der Waals surface area contributed by atoms with Crippen molar-refractivity contribution in [1.82, 2.24) is 5.32 Å². The number of aliphatic hydroxyl groups excluding tert-OH is 1. The van der Waals surface area contributed by atoms with Crippen molar-refractivity contribution in [2.75, 3.05) is 26.9 Å². The Balaban J connectivity index is 2.34. The van der Waals surface area contributed by atoms with Gasteiger partial charge in [0.25, 0.3) is 0 Å². The third-order valence-electron chi connectivity index (χ3n) is 2.60. The highest BCUT2D eigenvalue weighted by molar-refractivity contribution is 5.81. The molecule has 1 aliphatic heterocycles. The van der Waals surface area contributed by atoms with Crippen molar-refractivity contribution in [3.8, 4) is 0 Å². The SMILES string of the molecule is COCC(CO)NC(=O)C1CCC(CN)O1. The van der Waals surface area contributed by atoms with E-state index in [0.29, 0.717) is 13.0 Å². The van der Waals surface area contributed by atoms with Crippen LogP contribution in [-0.4, -0.2) is 56.1 Å². The Bertz CT molecular complexity index is 225. The largest absolute Gasteiger partial charge is 0.394 e. The average molecular weight is 232 g/mol. The van der Waals surface area contributed by atoms with E-state index < -0.39 is 6.10 Å². The minimum Gasteiger partial charge on any atom is -0.394 e. The summed E-state index contributed by atoms with van der Waals surface area (Å²) in [5.74, 6) is -0.202. The standard InChI is InChI=1S/C10H20N2O4/c1-15-6-7(5-13)12-10(14)9-3-2-8(4-11)16-9/h7-9,13H,2-6,11H2,1H3,(H,12,14). The number of ether oxygens (including phenoxy) is 2. The molecule has 4 N–H and O–H groups in total. The highest BCUT2D eigenvalue weighted by atomic mass is 16.5. The number of aliphatic hydroxyl groups is 1. The van der Waals surface area contributed by atoms with Gasteiger partial charge in [0.2, 0.25) is 5.91 Å². The van der Waals surface area contributed by atoms with Gasteiger partial charge in [0.15, 0.2) is 0 Å². The second-order valence-electron chi connectivity index (χ2n) is 3.90. The van der Waals surface area contributed by atoms with E-state index in [9.17, 15) is 4.79 Å². The van der Waals surface area contributed by atoms with Crippen molar-refractivity contribution in [2.45, 2.75) is 31.1 Å². The summed E-state index contributed by atoms with van der Waals surface area (Å²) in [6, 6.07) is -0.377. The average Bonchev–Trinajstić information content (AvgIpc) is 2.76. The molecule has 0 spiro atoms. The lowest BCUT2D eigenvalue weighted by molar-refractivity contribution is -0.133. The summed E-state index contributed by atoms with van der Waals surface area (Å²) >= 11 is 0. The predicted octanol–water partition coefficient (Wildman–Crippen LogP) is -1.38. The highest BCUT2D eigenvalue weighted by Gasteiger charge is 2.30. The van der Waals surface area contributed by atoms with Gasteiger partial charge in [0, 0.05) is 13.7 Å². The number of amides is 1. The lowest BCUT2D eigenvalue weighted by Gasteiger charge is -2.18. The Morgan fingerprint density at radius 3 is 2.94 bits per heavy atom. The molecule has 94 valence electrons. The molecule has 0 radical (unpaired) electrons. The van der Waals surface area contributed by atoms with Crippen LogP contribution in [0.25, 0.3) is 0 Å². The van der Waals surface area contributed by atoms with Gasteiger partial charge < -0.3 is 25.6 Å². The van der Waals surface area contributed by atoms with Crippen LogP contribution < -0.4 is 11.1 Å². The zero-order chi connectivity index (χ0) is 12.0. The van der Waals surface area contributed by atoms with Crippen molar-refractivity contribution in [1.29, 1.82) is 0 Å². The molecule has 3 atom stereocenters. The van der Waals surface area contributed by atoms with Crippen molar-refractivity contribution in [2.24, 2.45) is 5.73 Å². The third-order valence-corrected chi connectivity index (χ3v) is 2.60. The number of rotatable bonds is 6. The fourth-order valence-corrected chi connectivity index (χ4v) is 1.71. The van der Waals surface area contributed by atoms with Crippen LogP contribution in [-0.2, 0) is 14.3 Å². The van der Waals surface area contributed by atoms with Crippen LogP contribution in [0.1, 0.15) is 12.8 Å². The normalized spacial score (nSPS) is 26.7. The fraction of sp³-hybridized carbons (Fsp3) is 0.900. The van der Waals surface area contributed by atoms with Gasteiger partial charge in [-0.05, 0) is 12.8 Å². The molecule has 6 heteroatoms. The summed E-state index contributed by atoms with van der Waals surface area (Å²) < 4.78 is 10.3. The highest BCUT2D eigenvalue weighted by Crippen LogP contribution is 2.18. The van der Waals surface area contributed by atoms with Crippen LogP contribution >= 0.6 is 0 Å². The molecular formula is C10H20N2O4. The second-order valence-corrected chi connectivity index (χ2v) is 3.90. The fourth-order valence-electron chi connectivity index (χ4n) is 1.71. The molecule has 1 heterocycles. The number of hydrogen-bond acceptors (Lipinski definition) is 5. The summed E-state index contributed by atoms with van der Waals surface area (Å²) in [6.45, 7) is 0.577. The molecule has 0 saturated carbocycles. The van der Waals surface area contributed by atoms with Crippen LogP contribution in [0, 0.1) is 0 Å². The molecule has 0 aromatic rings. The molecule has 6 nitrogen and oxygen atoms in total. The lowest BCUT2D eigenvalue weighted by atomic mass is 10.2. The van der Waals surface area contributed by atoms with Gasteiger partial charge in [0.1, 0.15) is 6.10 Å². The summed E-state index contributed by atoms with van der Waals surface area (Å²) in [6.07, 6.45) is 1.02. The van der Waals surface area contributed by atoms with Gasteiger partial charge in [-0.3, -0.25) is 4.79 Å². The van der Waals surface area contributed by atoms with Crippen LogP contribution in [0.2, 0.25) is 0 Å². The van der Waals surface area contributed by atoms with Crippen molar-refractivity contribution in [3.63, 3.8) is 0 Å². The van der Waals surface area contributed by atoms with Crippen LogP contribution in [0.3, 0.4) is 0 Å². The molecule has 0 aromatic carbocycles. The minimum atomic E-state index is -0.445. The first-order valence-electron chi connectivity index (χ1n) is 5.47. The summed E-state index contributed by atoms with van der Waals surface area (Å²) in [4.78, 5) is 11.7. The maximum absolute atomic E-state index is 11.7. The lowest BCUT2D eigenvalue weighted by Crippen LogP contribution is -2.45. The maximum atomic E-state index is 11.7. The minimum absolute atomic E-state index is 0.0225. The van der Waals surface area contributed by atoms with E-state index in [0.717, 1.165) is 6.42 Å². The summed E-state index contributed by atoms with van der Waals surface area (Å²) in [5, 5.41) is 11.7. The Morgan fingerprint density at radius 2 is 2.44 bits per heavy atom. The molecule has 1 saturated heterocycles. The van der Waals surface area contributed by atoms with E-state index in [1.54, 1.807) is 0 Å². The van der Waals surface area contributed by atoms with Crippen molar-refractivity contribution in [3.05, 3.63) is 0 Å². The van der Waals surface area contributed by atoms with Crippen LogP contribution in [0.15, 0.2) is 0 Å². The van der Waals surface area contributed by atoms with Crippen molar-refractivity contribution >= 4 is 5.91 Å². The van der Waals surface area contributed by atoms with Crippen LogP contribution in [0.4, 0.5) is 0 Å². The Hall–Kier alpha value is -0.690. The molecule has 1 fully saturated rings. The van der Waals surface area contributed by atoms with E-state index in [-0.39, 0.29) is 31.3 Å². The first kappa shape index (κ1) is 13.4. The third kappa shape index (κ3) is 3.71. The quantitative estimate of drug-likeness (QED) is 0.524. The van der Waals surface area contributed by atoms with E-state index >= 15 is 0 Å².